The maximum Gasteiger partial charge on any atom is 0.253 e. The number of aliphatic imine (C=N–C) groups is 1. The third-order valence-electron chi connectivity index (χ3n) is 3.43. The predicted octanol–water partition coefficient (Wildman–Crippen LogP) is 1.70. The van der Waals surface area contributed by atoms with Gasteiger partial charge in [-0.1, -0.05) is 24.3 Å². The van der Waals surface area contributed by atoms with Crippen molar-refractivity contribution in [1.29, 1.82) is 0 Å². The molecule has 2 fully saturated rings. The minimum Gasteiger partial charge on any atom is -0.340 e. The van der Waals surface area contributed by atoms with Crippen molar-refractivity contribution < 1.29 is 4.79 Å². The van der Waals surface area contributed by atoms with Gasteiger partial charge in [0.2, 0.25) is 0 Å². The van der Waals surface area contributed by atoms with Crippen LogP contribution in [0.3, 0.4) is 0 Å². The molecule has 18 heavy (non-hydrogen) atoms. The molecule has 0 radical (unpaired) electrons. The monoisotopic (exact) mass is 243 g/mol. The van der Waals surface area contributed by atoms with E-state index in [1.54, 1.807) is 0 Å². The van der Waals surface area contributed by atoms with E-state index in [9.17, 15) is 4.79 Å². The van der Waals surface area contributed by atoms with Gasteiger partial charge in [-0.3, -0.25) is 15.1 Å². The Kier molecular flexibility index (Phi) is 2.78. The van der Waals surface area contributed by atoms with Gasteiger partial charge in [0.15, 0.2) is 5.96 Å². The largest absolute Gasteiger partial charge is 0.340 e. The molecule has 0 bridgehead atoms. The molecule has 3 rings (SSSR count). The summed E-state index contributed by atoms with van der Waals surface area (Å²) < 4.78 is 0. The number of rotatable bonds is 3. The summed E-state index contributed by atoms with van der Waals surface area (Å²) in [6.07, 6.45) is 2.47. The average molecular weight is 243 g/mol. The smallest absolute Gasteiger partial charge is 0.253 e. The van der Waals surface area contributed by atoms with Gasteiger partial charge in [-0.15, -0.1) is 0 Å². The average Bonchev–Trinajstić information content (AvgIpc) is 3.15. The fraction of sp³-hybridized carbons (Fsp3) is 0.429. The molecule has 4 nitrogen and oxygen atoms in total. The maximum atomic E-state index is 12.0. The number of amides is 1. The van der Waals surface area contributed by atoms with Crippen LogP contribution in [0.2, 0.25) is 0 Å². The number of nitrogens with zero attached hydrogens (tertiary/aromatic N) is 1. The second kappa shape index (κ2) is 4.44. The quantitative estimate of drug-likeness (QED) is 0.849. The first-order chi connectivity index (χ1) is 8.79. The standard InChI is InChI=1S/C14H17N3O/c1-2-15-14-16-12(13(18)17-14)11-6-4-3-5-10(11)9-7-8-9/h3-6,9,12H,2,7-8H2,1H3,(H2,15,16,17,18). The number of guanidine groups is 1. The Morgan fingerprint density at radius 3 is 2.67 bits per heavy atom. The van der Waals surface area contributed by atoms with Gasteiger partial charge in [-0.25, -0.2) is 0 Å². The van der Waals surface area contributed by atoms with E-state index in [1.807, 2.05) is 25.1 Å². The summed E-state index contributed by atoms with van der Waals surface area (Å²) in [5, 5.41) is 5.96. The normalized spacial score (nSPS) is 25.1. The number of carbonyl (C=O) groups is 1. The molecule has 4 heteroatoms. The SMILES string of the molecule is CCN=C1NC(=O)C(c2ccccc2C2CC2)N1. The lowest BCUT2D eigenvalue weighted by Crippen LogP contribution is -2.25. The van der Waals surface area contributed by atoms with E-state index >= 15 is 0 Å². The van der Waals surface area contributed by atoms with Gasteiger partial charge >= 0.3 is 0 Å². The minimum absolute atomic E-state index is 0.00435. The first kappa shape index (κ1) is 11.3. The molecular weight excluding hydrogens is 226 g/mol. The van der Waals surface area contributed by atoms with Gasteiger partial charge in [0.1, 0.15) is 6.04 Å². The number of nitrogens with one attached hydrogen (secondary N) is 2. The summed E-state index contributed by atoms with van der Waals surface area (Å²) in [5.74, 6) is 1.23. The number of carbonyl (C=O) groups excluding carboxylic acids is 1. The molecule has 1 heterocycles. The van der Waals surface area contributed by atoms with Crippen molar-refractivity contribution in [2.75, 3.05) is 6.54 Å². The molecule has 2 N–H and O–H groups in total. The van der Waals surface area contributed by atoms with Crippen LogP contribution in [-0.2, 0) is 4.79 Å². The van der Waals surface area contributed by atoms with E-state index in [4.69, 9.17) is 0 Å². The lowest BCUT2D eigenvalue weighted by Gasteiger charge is -2.13. The number of hydrogen-bond acceptors (Lipinski definition) is 2. The molecule has 1 aromatic rings. The van der Waals surface area contributed by atoms with Gasteiger partial charge in [0.05, 0.1) is 0 Å². The van der Waals surface area contributed by atoms with Crippen LogP contribution < -0.4 is 10.6 Å². The van der Waals surface area contributed by atoms with Crippen LogP contribution in [0.15, 0.2) is 29.3 Å². The molecule has 94 valence electrons. The van der Waals surface area contributed by atoms with Gasteiger partial charge in [-0.2, -0.15) is 0 Å². The maximum absolute atomic E-state index is 12.0. The first-order valence-electron chi connectivity index (χ1n) is 6.50. The van der Waals surface area contributed by atoms with Crippen LogP contribution in [0.5, 0.6) is 0 Å². The summed E-state index contributed by atoms with van der Waals surface area (Å²) >= 11 is 0. The topological polar surface area (TPSA) is 53.5 Å². The van der Waals surface area contributed by atoms with Crippen molar-refractivity contribution in [3.05, 3.63) is 35.4 Å². The lowest BCUT2D eigenvalue weighted by molar-refractivity contribution is -0.120. The molecule has 1 unspecified atom stereocenters. The van der Waals surface area contributed by atoms with Crippen LogP contribution in [0, 0.1) is 0 Å². The summed E-state index contributed by atoms with van der Waals surface area (Å²) in [5.41, 5.74) is 2.40. The van der Waals surface area contributed by atoms with Gasteiger partial charge in [-0.05, 0) is 36.8 Å². The first-order valence-corrected chi connectivity index (χ1v) is 6.50. The summed E-state index contributed by atoms with van der Waals surface area (Å²) in [6, 6.07) is 7.93. The van der Waals surface area contributed by atoms with Crippen molar-refractivity contribution in [2.45, 2.75) is 31.7 Å². The van der Waals surface area contributed by atoms with E-state index in [-0.39, 0.29) is 11.9 Å². The highest BCUT2D eigenvalue weighted by molar-refractivity contribution is 6.06. The zero-order chi connectivity index (χ0) is 12.5. The molecule has 1 aromatic carbocycles. The second-order valence-electron chi connectivity index (χ2n) is 4.79. The number of benzene rings is 1. The predicted molar refractivity (Wildman–Crippen MR) is 70.4 cm³/mol. The Bertz CT molecular complexity index is 506. The second-order valence-corrected chi connectivity index (χ2v) is 4.79. The molecule has 1 aliphatic carbocycles. The molecule has 2 aliphatic rings. The fourth-order valence-electron chi connectivity index (χ4n) is 2.43. The Morgan fingerprint density at radius 1 is 1.28 bits per heavy atom. The van der Waals surface area contributed by atoms with Crippen LogP contribution in [-0.4, -0.2) is 18.4 Å². The van der Waals surface area contributed by atoms with Gasteiger partial charge in [0, 0.05) is 6.54 Å². The Labute approximate surface area is 106 Å². The highest BCUT2D eigenvalue weighted by Gasteiger charge is 2.34. The van der Waals surface area contributed by atoms with Crippen LogP contribution in [0.1, 0.15) is 42.9 Å². The summed E-state index contributed by atoms with van der Waals surface area (Å²) in [7, 11) is 0. The van der Waals surface area contributed by atoms with E-state index < -0.39 is 0 Å². The highest BCUT2D eigenvalue weighted by Crippen LogP contribution is 2.43. The minimum atomic E-state index is -0.285. The third-order valence-corrected chi connectivity index (χ3v) is 3.43. The molecule has 1 saturated carbocycles. The zero-order valence-electron chi connectivity index (χ0n) is 10.4. The molecule has 1 saturated heterocycles. The van der Waals surface area contributed by atoms with Crippen molar-refractivity contribution in [2.24, 2.45) is 4.99 Å². The van der Waals surface area contributed by atoms with Crippen molar-refractivity contribution in [3.63, 3.8) is 0 Å². The van der Waals surface area contributed by atoms with E-state index in [1.165, 1.54) is 18.4 Å². The molecule has 1 aliphatic heterocycles. The molecule has 1 amide bonds. The van der Waals surface area contributed by atoms with E-state index in [0.29, 0.717) is 18.4 Å². The lowest BCUT2D eigenvalue weighted by atomic mass is 9.97. The van der Waals surface area contributed by atoms with E-state index in [0.717, 1.165) is 5.56 Å². The Morgan fingerprint density at radius 2 is 2.00 bits per heavy atom. The fourth-order valence-corrected chi connectivity index (χ4v) is 2.43. The zero-order valence-corrected chi connectivity index (χ0v) is 10.4. The van der Waals surface area contributed by atoms with Crippen LogP contribution in [0.25, 0.3) is 0 Å². The van der Waals surface area contributed by atoms with Gasteiger partial charge < -0.3 is 5.32 Å². The Hall–Kier alpha value is -1.84. The molecule has 0 spiro atoms. The summed E-state index contributed by atoms with van der Waals surface area (Å²) in [6.45, 7) is 2.62. The third kappa shape index (κ3) is 1.98. The van der Waals surface area contributed by atoms with E-state index in [2.05, 4.69) is 21.7 Å². The number of hydrogen-bond donors (Lipinski definition) is 2. The van der Waals surface area contributed by atoms with Crippen molar-refractivity contribution in [3.8, 4) is 0 Å². The highest BCUT2D eigenvalue weighted by atomic mass is 16.2. The van der Waals surface area contributed by atoms with Crippen molar-refractivity contribution in [1.82, 2.24) is 10.6 Å². The van der Waals surface area contributed by atoms with Crippen LogP contribution >= 0.6 is 0 Å². The summed E-state index contributed by atoms with van der Waals surface area (Å²) in [4.78, 5) is 16.2. The molecular formula is C14H17N3O. The van der Waals surface area contributed by atoms with Crippen LogP contribution in [0.4, 0.5) is 0 Å². The van der Waals surface area contributed by atoms with Crippen molar-refractivity contribution >= 4 is 11.9 Å². The molecule has 1 atom stereocenters. The Balaban J connectivity index is 1.91. The molecule has 0 aromatic heterocycles. The van der Waals surface area contributed by atoms with Gasteiger partial charge in [0.25, 0.3) is 5.91 Å².